The lowest BCUT2D eigenvalue weighted by Gasteiger charge is -2.21. The number of aliphatic hydroxyl groups is 1. The van der Waals surface area contributed by atoms with Gasteiger partial charge >= 0.3 is 25.7 Å². The Hall–Kier alpha value is -2.04. The molecule has 0 bridgehead atoms. The highest BCUT2D eigenvalue weighted by Crippen LogP contribution is 2.43. The monoisotopic (exact) mass is 957 g/mol. The number of unbranched alkanes of at least 4 members (excludes halogenated alkanes) is 30. The fraction of sp³-hybridized carbons (Fsp3) is 0.870. The maximum atomic E-state index is 12.8. The number of esters is 3. The Morgan fingerprint density at radius 1 is 0.409 bits per heavy atom. The molecular formula is C54H101O11P. The Bertz CT molecular complexity index is 1210. The topological polar surface area (TPSA) is 155 Å². The third-order valence-electron chi connectivity index (χ3n) is 11.8. The molecule has 3 unspecified atom stereocenters. The van der Waals surface area contributed by atoms with Crippen LogP contribution in [0, 0.1) is 0 Å². The molecule has 0 amide bonds. The summed E-state index contributed by atoms with van der Waals surface area (Å²) in [5.41, 5.74) is 0. The van der Waals surface area contributed by atoms with Gasteiger partial charge in [0.05, 0.1) is 19.8 Å². The Labute approximate surface area is 404 Å². The summed E-state index contributed by atoms with van der Waals surface area (Å²) in [6.07, 6.45) is 47.2. The van der Waals surface area contributed by atoms with Crippen LogP contribution in [0.2, 0.25) is 0 Å². The fourth-order valence-electron chi connectivity index (χ4n) is 7.64. The molecule has 0 fully saturated rings. The van der Waals surface area contributed by atoms with Crippen molar-refractivity contribution in [3.63, 3.8) is 0 Å². The third-order valence-corrected chi connectivity index (χ3v) is 12.8. The molecule has 0 heterocycles. The predicted octanol–water partition coefficient (Wildman–Crippen LogP) is 15.5. The molecular weight excluding hydrogens is 856 g/mol. The average Bonchev–Trinajstić information content (AvgIpc) is 3.30. The lowest BCUT2D eigenvalue weighted by atomic mass is 10.1. The summed E-state index contributed by atoms with van der Waals surface area (Å²) in [4.78, 5) is 48.3. The summed E-state index contributed by atoms with van der Waals surface area (Å²) in [5.74, 6) is -1.47. The fourth-order valence-corrected chi connectivity index (χ4v) is 8.42. The number of hydrogen-bond donors (Lipinski definition) is 2. The van der Waals surface area contributed by atoms with Crippen molar-refractivity contribution in [3.8, 4) is 0 Å². The Kier molecular flexibility index (Phi) is 47.9. The van der Waals surface area contributed by atoms with Gasteiger partial charge in [0.25, 0.3) is 0 Å². The molecule has 12 heteroatoms. The van der Waals surface area contributed by atoms with E-state index in [0.29, 0.717) is 19.3 Å². The van der Waals surface area contributed by atoms with Crippen LogP contribution in [0.4, 0.5) is 0 Å². The van der Waals surface area contributed by atoms with Crippen LogP contribution in [-0.4, -0.2) is 66.5 Å². The summed E-state index contributed by atoms with van der Waals surface area (Å²) in [6, 6.07) is 0. The van der Waals surface area contributed by atoms with Gasteiger partial charge in [0.1, 0.15) is 12.7 Å². The number of allylic oxidation sites excluding steroid dienone is 4. The van der Waals surface area contributed by atoms with E-state index in [4.69, 9.17) is 23.3 Å². The predicted molar refractivity (Wildman–Crippen MR) is 270 cm³/mol. The van der Waals surface area contributed by atoms with E-state index in [9.17, 15) is 28.9 Å². The first-order valence-corrected chi connectivity index (χ1v) is 28.7. The highest BCUT2D eigenvalue weighted by Gasteiger charge is 2.28. The second kappa shape index (κ2) is 49.4. The minimum absolute atomic E-state index is 0.162. The number of aliphatic hydroxyl groups excluding tert-OH is 1. The van der Waals surface area contributed by atoms with Crippen LogP contribution in [0.25, 0.3) is 0 Å². The second-order valence-electron chi connectivity index (χ2n) is 18.4. The van der Waals surface area contributed by atoms with Crippen molar-refractivity contribution in [2.24, 2.45) is 0 Å². The van der Waals surface area contributed by atoms with Gasteiger partial charge in [0, 0.05) is 19.3 Å². The van der Waals surface area contributed by atoms with E-state index in [1.54, 1.807) is 0 Å². The van der Waals surface area contributed by atoms with Gasteiger partial charge in [-0.25, -0.2) is 4.57 Å². The van der Waals surface area contributed by atoms with Crippen LogP contribution in [0.3, 0.4) is 0 Å². The highest BCUT2D eigenvalue weighted by atomic mass is 31.2. The summed E-state index contributed by atoms with van der Waals surface area (Å²) in [7, 11) is -4.74. The van der Waals surface area contributed by atoms with E-state index in [1.165, 1.54) is 109 Å². The summed E-state index contributed by atoms with van der Waals surface area (Å²) >= 11 is 0. The van der Waals surface area contributed by atoms with Gasteiger partial charge < -0.3 is 24.2 Å². The minimum atomic E-state index is -4.74. The van der Waals surface area contributed by atoms with E-state index in [1.807, 2.05) is 0 Å². The maximum absolute atomic E-state index is 12.8. The van der Waals surface area contributed by atoms with Crippen LogP contribution in [-0.2, 0) is 42.2 Å². The van der Waals surface area contributed by atoms with E-state index < -0.39 is 57.8 Å². The van der Waals surface area contributed by atoms with Crippen molar-refractivity contribution in [3.05, 3.63) is 24.3 Å². The van der Waals surface area contributed by atoms with Gasteiger partial charge in [-0.2, -0.15) is 0 Å². The number of hydrogen-bond acceptors (Lipinski definition) is 10. The Morgan fingerprint density at radius 3 is 1.05 bits per heavy atom. The zero-order valence-electron chi connectivity index (χ0n) is 42.7. The van der Waals surface area contributed by atoms with Gasteiger partial charge in [-0.3, -0.25) is 23.4 Å². The maximum Gasteiger partial charge on any atom is 0.472 e. The van der Waals surface area contributed by atoms with Gasteiger partial charge in [-0.15, -0.1) is 0 Å². The number of carbonyl (C=O) groups excluding carboxylic acids is 3. The lowest BCUT2D eigenvalue weighted by Crippen LogP contribution is -2.30. The molecule has 3 atom stereocenters. The average molecular weight is 957 g/mol. The van der Waals surface area contributed by atoms with Gasteiger partial charge in [-0.1, -0.05) is 199 Å². The zero-order chi connectivity index (χ0) is 48.4. The Morgan fingerprint density at radius 2 is 0.697 bits per heavy atom. The van der Waals surface area contributed by atoms with Crippen LogP contribution in [0.1, 0.15) is 265 Å². The summed E-state index contributed by atoms with van der Waals surface area (Å²) in [6.45, 7) is 4.61. The van der Waals surface area contributed by atoms with Crippen LogP contribution < -0.4 is 0 Å². The number of phosphoric acid groups is 1. The van der Waals surface area contributed by atoms with Crippen molar-refractivity contribution < 1.29 is 52.2 Å². The molecule has 0 spiro atoms. The molecule has 0 saturated heterocycles. The zero-order valence-corrected chi connectivity index (χ0v) is 43.6. The van der Waals surface area contributed by atoms with Gasteiger partial charge in [0.2, 0.25) is 0 Å². The quantitative estimate of drug-likeness (QED) is 0.0197. The molecule has 0 aliphatic heterocycles. The standard InChI is InChI=1S/C54H101O11P/c1-4-7-10-13-16-19-21-23-25-27-29-32-35-38-41-44-53(57)64-50(46-55)48-62-66(59,60)63-49-51(47-61-52(56)43-40-37-34-31-18-15-12-9-6-3)65-54(58)45-42-39-36-33-30-28-26-24-22-20-17-14-11-8-5-2/h23-26,50-51,55H,4-22,27-49H2,1-3H3,(H,59,60)/b25-23-,26-24-. The molecule has 0 radical (unpaired) electrons. The summed E-state index contributed by atoms with van der Waals surface area (Å²) < 4.78 is 39.3. The molecule has 0 aromatic rings. The SMILES string of the molecule is CCCCCCCC/C=C\CCCCCCCC(=O)OC(CO)COP(=O)(O)OCC(COC(=O)CCCCCCCCCCC)OC(=O)CCCCCCC/C=C\CCCCCCCC. The van der Waals surface area contributed by atoms with E-state index >= 15 is 0 Å². The molecule has 0 aliphatic rings. The normalized spacial score (nSPS) is 13.6. The smallest absolute Gasteiger partial charge is 0.462 e. The lowest BCUT2D eigenvalue weighted by molar-refractivity contribution is -0.161. The third kappa shape index (κ3) is 47.0. The largest absolute Gasteiger partial charge is 0.472 e. The number of phosphoric ester groups is 1. The van der Waals surface area contributed by atoms with Crippen molar-refractivity contribution in [2.45, 2.75) is 277 Å². The first kappa shape index (κ1) is 64.0. The molecule has 66 heavy (non-hydrogen) atoms. The van der Waals surface area contributed by atoms with Crippen molar-refractivity contribution in [1.82, 2.24) is 0 Å². The molecule has 0 rings (SSSR count). The van der Waals surface area contributed by atoms with Crippen LogP contribution in [0.5, 0.6) is 0 Å². The molecule has 0 aromatic heterocycles. The highest BCUT2D eigenvalue weighted by molar-refractivity contribution is 7.47. The second-order valence-corrected chi connectivity index (χ2v) is 19.8. The van der Waals surface area contributed by atoms with Crippen LogP contribution >= 0.6 is 7.82 Å². The molecule has 0 saturated carbocycles. The molecule has 11 nitrogen and oxygen atoms in total. The molecule has 0 aromatic carbocycles. The summed E-state index contributed by atoms with van der Waals surface area (Å²) in [5, 5.41) is 9.78. The van der Waals surface area contributed by atoms with Gasteiger partial charge in [0.15, 0.2) is 6.10 Å². The first-order valence-electron chi connectivity index (χ1n) is 27.2. The molecule has 2 N–H and O–H groups in total. The van der Waals surface area contributed by atoms with E-state index in [0.717, 1.165) is 96.3 Å². The van der Waals surface area contributed by atoms with Crippen molar-refractivity contribution >= 4 is 25.7 Å². The minimum Gasteiger partial charge on any atom is -0.462 e. The number of rotatable bonds is 51. The van der Waals surface area contributed by atoms with E-state index in [-0.39, 0.29) is 25.9 Å². The van der Waals surface area contributed by atoms with Crippen LogP contribution in [0.15, 0.2) is 24.3 Å². The van der Waals surface area contributed by atoms with E-state index in [2.05, 4.69) is 45.1 Å². The van der Waals surface area contributed by atoms with Gasteiger partial charge in [-0.05, 0) is 70.6 Å². The first-order chi connectivity index (χ1) is 32.2. The number of ether oxygens (including phenoxy) is 3. The Balaban J connectivity index is 4.66. The number of carbonyl (C=O) groups is 3. The van der Waals surface area contributed by atoms with Crippen molar-refractivity contribution in [1.29, 1.82) is 0 Å². The van der Waals surface area contributed by atoms with Crippen molar-refractivity contribution in [2.75, 3.05) is 26.4 Å². The molecule has 0 aliphatic carbocycles. The molecule has 388 valence electrons.